The second kappa shape index (κ2) is 11.8. The standard InChI is InChI=1S/C30H35NO4/c1-22(25-17-11-7-12-18-25)31(21-24-15-9-6-10-16-24)27(29(33)35-30(3,4)5)28(34-23(2)32)26-19-13-8-14-20-26/h6-20,22,27-28H,21H2,1-5H3/t22-,27+,28+/m1/s1. The molecule has 3 rings (SSSR count). The molecule has 3 aromatic carbocycles. The summed E-state index contributed by atoms with van der Waals surface area (Å²) in [5.41, 5.74) is 2.11. The molecule has 0 saturated heterocycles. The Bertz CT molecular complexity index is 1080. The fourth-order valence-electron chi connectivity index (χ4n) is 4.12. The van der Waals surface area contributed by atoms with Gasteiger partial charge < -0.3 is 9.47 Å². The van der Waals surface area contributed by atoms with E-state index in [4.69, 9.17) is 9.47 Å². The van der Waals surface area contributed by atoms with Crippen molar-refractivity contribution in [2.45, 2.75) is 65.0 Å². The number of nitrogens with zero attached hydrogens (tertiary/aromatic N) is 1. The Morgan fingerprint density at radius 3 is 1.77 bits per heavy atom. The summed E-state index contributed by atoms with van der Waals surface area (Å²) in [6.45, 7) is 9.41. The van der Waals surface area contributed by atoms with Gasteiger partial charge in [0.05, 0.1) is 0 Å². The molecule has 0 bridgehead atoms. The van der Waals surface area contributed by atoms with Gasteiger partial charge in [0.1, 0.15) is 5.60 Å². The summed E-state index contributed by atoms with van der Waals surface area (Å²) >= 11 is 0. The van der Waals surface area contributed by atoms with Gasteiger partial charge in [0.25, 0.3) is 0 Å². The molecule has 0 spiro atoms. The number of carbonyl (C=O) groups excluding carboxylic acids is 2. The first-order valence-electron chi connectivity index (χ1n) is 12.0. The molecule has 184 valence electrons. The largest absolute Gasteiger partial charge is 0.459 e. The van der Waals surface area contributed by atoms with Crippen molar-refractivity contribution in [1.82, 2.24) is 4.90 Å². The van der Waals surface area contributed by atoms with Crippen molar-refractivity contribution in [2.75, 3.05) is 0 Å². The monoisotopic (exact) mass is 473 g/mol. The summed E-state index contributed by atoms with van der Waals surface area (Å²) < 4.78 is 11.8. The Labute approximate surface area is 208 Å². The van der Waals surface area contributed by atoms with Crippen LogP contribution in [-0.4, -0.2) is 28.5 Å². The number of carbonyl (C=O) groups is 2. The molecule has 0 fully saturated rings. The van der Waals surface area contributed by atoms with E-state index in [2.05, 4.69) is 11.8 Å². The number of hydrogen-bond acceptors (Lipinski definition) is 5. The smallest absolute Gasteiger partial charge is 0.328 e. The zero-order valence-electron chi connectivity index (χ0n) is 21.2. The zero-order valence-corrected chi connectivity index (χ0v) is 21.2. The molecule has 0 aliphatic heterocycles. The Balaban J connectivity index is 2.17. The van der Waals surface area contributed by atoms with Crippen LogP contribution in [0.5, 0.6) is 0 Å². The zero-order chi connectivity index (χ0) is 25.4. The van der Waals surface area contributed by atoms with Crippen LogP contribution >= 0.6 is 0 Å². The van der Waals surface area contributed by atoms with Gasteiger partial charge in [-0.25, -0.2) is 0 Å². The van der Waals surface area contributed by atoms with E-state index in [0.717, 1.165) is 16.7 Å². The molecule has 0 heterocycles. The highest BCUT2D eigenvalue weighted by Crippen LogP contribution is 2.34. The average molecular weight is 474 g/mol. The van der Waals surface area contributed by atoms with Crippen LogP contribution in [0.2, 0.25) is 0 Å². The molecule has 0 amide bonds. The molecular formula is C30H35NO4. The number of benzene rings is 3. The molecule has 0 saturated carbocycles. The van der Waals surface area contributed by atoms with E-state index in [1.165, 1.54) is 6.92 Å². The molecule has 3 aromatic rings. The minimum atomic E-state index is -0.879. The summed E-state index contributed by atoms with van der Waals surface area (Å²) in [5, 5.41) is 0. The molecule has 0 aliphatic carbocycles. The van der Waals surface area contributed by atoms with Gasteiger partial charge in [-0.2, -0.15) is 0 Å². The molecule has 0 radical (unpaired) electrons. The van der Waals surface area contributed by atoms with Crippen molar-refractivity contribution in [3.05, 3.63) is 108 Å². The number of ether oxygens (including phenoxy) is 2. The van der Waals surface area contributed by atoms with Crippen LogP contribution < -0.4 is 0 Å². The molecule has 35 heavy (non-hydrogen) atoms. The van der Waals surface area contributed by atoms with Gasteiger partial charge >= 0.3 is 11.9 Å². The van der Waals surface area contributed by atoms with E-state index in [-0.39, 0.29) is 6.04 Å². The fraction of sp³-hybridized carbons (Fsp3) is 0.333. The van der Waals surface area contributed by atoms with E-state index in [9.17, 15) is 9.59 Å². The third-order valence-electron chi connectivity index (χ3n) is 5.70. The minimum absolute atomic E-state index is 0.171. The van der Waals surface area contributed by atoms with Gasteiger partial charge in [0, 0.05) is 19.5 Å². The number of rotatable bonds is 9. The van der Waals surface area contributed by atoms with Crippen molar-refractivity contribution >= 4 is 11.9 Å². The lowest BCUT2D eigenvalue weighted by Crippen LogP contribution is -2.49. The third-order valence-corrected chi connectivity index (χ3v) is 5.70. The normalized spacial score (nSPS) is 14.1. The van der Waals surface area contributed by atoms with Crippen LogP contribution in [0.4, 0.5) is 0 Å². The number of esters is 2. The quantitative estimate of drug-likeness (QED) is 0.343. The van der Waals surface area contributed by atoms with Crippen LogP contribution in [0, 0.1) is 0 Å². The average Bonchev–Trinajstić information content (AvgIpc) is 2.83. The van der Waals surface area contributed by atoms with Gasteiger partial charge in [-0.15, -0.1) is 0 Å². The molecule has 3 atom stereocenters. The Hall–Kier alpha value is -3.44. The van der Waals surface area contributed by atoms with Crippen LogP contribution in [0.3, 0.4) is 0 Å². The molecule has 5 heteroatoms. The highest BCUT2D eigenvalue weighted by molar-refractivity contribution is 5.78. The second-order valence-corrected chi connectivity index (χ2v) is 9.66. The van der Waals surface area contributed by atoms with Crippen molar-refractivity contribution in [3.8, 4) is 0 Å². The maximum atomic E-state index is 13.9. The van der Waals surface area contributed by atoms with E-state index in [1.807, 2.05) is 112 Å². The fourth-order valence-corrected chi connectivity index (χ4v) is 4.12. The van der Waals surface area contributed by atoms with Crippen molar-refractivity contribution in [2.24, 2.45) is 0 Å². The summed E-state index contributed by atoms with van der Waals surface area (Å²) in [4.78, 5) is 28.2. The predicted molar refractivity (Wildman–Crippen MR) is 137 cm³/mol. The first-order chi connectivity index (χ1) is 16.7. The van der Waals surface area contributed by atoms with Crippen LogP contribution in [0.1, 0.15) is 63.5 Å². The SMILES string of the molecule is CC(=O)O[C@@H](c1ccccc1)[C@@H](C(=O)OC(C)(C)C)N(Cc1ccccc1)[C@H](C)c1ccccc1. The minimum Gasteiger partial charge on any atom is -0.459 e. The van der Waals surface area contributed by atoms with E-state index >= 15 is 0 Å². The van der Waals surface area contributed by atoms with Crippen LogP contribution in [-0.2, 0) is 25.6 Å². The summed E-state index contributed by atoms with van der Waals surface area (Å²) in [6.07, 6.45) is -0.849. The van der Waals surface area contributed by atoms with Crippen LogP contribution in [0.15, 0.2) is 91.0 Å². The lowest BCUT2D eigenvalue weighted by molar-refractivity contribution is -0.173. The molecule has 0 aliphatic rings. The second-order valence-electron chi connectivity index (χ2n) is 9.66. The highest BCUT2D eigenvalue weighted by Gasteiger charge is 2.42. The summed E-state index contributed by atoms with van der Waals surface area (Å²) in [7, 11) is 0. The Morgan fingerprint density at radius 1 is 0.800 bits per heavy atom. The third kappa shape index (κ3) is 7.52. The van der Waals surface area contributed by atoms with E-state index in [1.54, 1.807) is 0 Å². The van der Waals surface area contributed by atoms with Gasteiger partial charge in [0.15, 0.2) is 12.1 Å². The number of hydrogen-bond donors (Lipinski definition) is 0. The topological polar surface area (TPSA) is 55.8 Å². The van der Waals surface area contributed by atoms with E-state index in [0.29, 0.717) is 6.54 Å². The van der Waals surface area contributed by atoms with Gasteiger partial charge in [-0.1, -0.05) is 91.0 Å². The molecule has 5 nitrogen and oxygen atoms in total. The molecular weight excluding hydrogens is 438 g/mol. The van der Waals surface area contributed by atoms with E-state index < -0.39 is 29.7 Å². The maximum Gasteiger partial charge on any atom is 0.328 e. The van der Waals surface area contributed by atoms with Gasteiger partial charge in [0.2, 0.25) is 0 Å². The molecule has 0 N–H and O–H groups in total. The van der Waals surface area contributed by atoms with Gasteiger partial charge in [-0.05, 0) is 44.4 Å². The van der Waals surface area contributed by atoms with Crippen molar-refractivity contribution < 1.29 is 19.1 Å². The van der Waals surface area contributed by atoms with Gasteiger partial charge in [-0.3, -0.25) is 14.5 Å². The first-order valence-corrected chi connectivity index (χ1v) is 12.0. The van der Waals surface area contributed by atoms with Crippen LogP contribution in [0.25, 0.3) is 0 Å². The lowest BCUT2D eigenvalue weighted by Gasteiger charge is -2.40. The predicted octanol–water partition coefficient (Wildman–Crippen LogP) is 6.26. The highest BCUT2D eigenvalue weighted by atomic mass is 16.6. The summed E-state index contributed by atoms with van der Waals surface area (Å²) in [5.74, 6) is -0.897. The molecule has 0 unspecified atom stereocenters. The maximum absolute atomic E-state index is 13.9. The Morgan fingerprint density at radius 2 is 1.29 bits per heavy atom. The summed E-state index contributed by atoms with van der Waals surface area (Å²) in [6, 6.07) is 28.3. The first kappa shape index (κ1) is 26.2. The molecule has 0 aromatic heterocycles. The lowest BCUT2D eigenvalue weighted by atomic mass is 9.96. The van der Waals surface area contributed by atoms with Crippen molar-refractivity contribution in [1.29, 1.82) is 0 Å². The van der Waals surface area contributed by atoms with Crippen molar-refractivity contribution in [3.63, 3.8) is 0 Å². The Kier molecular flexibility index (Phi) is 8.83.